The quantitative estimate of drug-likeness (QED) is 0.446. The molecule has 2 unspecified atom stereocenters. The maximum atomic E-state index is 14.3. The van der Waals surface area contributed by atoms with Gasteiger partial charge in [0.1, 0.15) is 36.0 Å². The van der Waals surface area contributed by atoms with Crippen molar-refractivity contribution in [2.45, 2.75) is 37.1 Å². The molecule has 14 heteroatoms. The van der Waals surface area contributed by atoms with Gasteiger partial charge in [0, 0.05) is 17.0 Å². The van der Waals surface area contributed by atoms with Gasteiger partial charge < -0.3 is 34.3 Å². The summed E-state index contributed by atoms with van der Waals surface area (Å²) in [4.78, 5) is 12.2. The van der Waals surface area contributed by atoms with Gasteiger partial charge >= 0.3 is 8.60 Å². The molecule has 0 spiro atoms. The lowest BCUT2D eigenvalue weighted by molar-refractivity contribution is -0.0530. The Kier molecular flexibility index (Phi) is 6.43. The van der Waals surface area contributed by atoms with Gasteiger partial charge in [0.05, 0.1) is 25.6 Å². The molecule has 4 N–H and O–H groups in total. The van der Waals surface area contributed by atoms with Crippen LogP contribution in [0.5, 0.6) is 0 Å². The van der Waals surface area contributed by atoms with E-state index in [2.05, 4.69) is 15.0 Å². The Hall–Kier alpha value is -2.02. The summed E-state index contributed by atoms with van der Waals surface area (Å²) in [5.41, 5.74) is 6.88. The number of nitrogens with two attached hydrogens (primary N) is 1. The van der Waals surface area contributed by atoms with Crippen LogP contribution in [0, 0.1) is 5.82 Å². The Bertz CT molecular complexity index is 1160. The van der Waals surface area contributed by atoms with E-state index in [4.69, 9.17) is 35.6 Å². The highest BCUT2D eigenvalue weighted by Gasteiger charge is 2.45. The van der Waals surface area contributed by atoms with Gasteiger partial charge in [-0.25, -0.2) is 19.3 Å². The standard InChI is InChI=1S/C19H20ClFN5O6P/c20-9-1-2-10(11(21)5-9)12-3-4-29-33(32-12)30-6-13-15(27)16(28)19(31-13)26-8-25-14-17(22)23-7-24-18(14)26/h1-2,5,7-8,12-13,15-16,19,27-28H,3-4,6H2,(H2,22,23,24)/t12?,13-,15-,16-,19-,33?/m1/s1. The number of aliphatic hydroxyl groups is 2. The van der Waals surface area contributed by atoms with Crippen molar-refractivity contribution in [2.75, 3.05) is 18.9 Å². The number of aromatic nitrogens is 4. The number of fused-ring (bicyclic) bond motifs is 1. The van der Waals surface area contributed by atoms with Crippen LogP contribution >= 0.6 is 20.2 Å². The van der Waals surface area contributed by atoms with E-state index in [0.29, 0.717) is 34.8 Å². The minimum absolute atomic E-state index is 0.125. The van der Waals surface area contributed by atoms with Crippen molar-refractivity contribution in [1.29, 1.82) is 0 Å². The molecule has 0 amide bonds. The fourth-order valence-electron chi connectivity index (χ4n) is 3.75. The third-order valence-electron chi connectivity index (χ3n) is 5.44. The van der Waals surface area contributed by atoms with Crippen LogP contribution in [0.2, 0.25) is 5.02 Å². The first-order valence-corrected chi connectivity index (χ1v) is 11.5. The minimum Gasteiger partial charge on any atom is -0.387 e. The number of nitrogens with zero attached hydrogens (tertiary/aromatic N) is 4. The molecule has 2 aromatic heterocycles. The first-order chi connectivity index (χ1) is 15.9. The second kappa shape index (κ2) is 9.32. The number of imidazole rings is 1. The monoisotopic (exact) mass is 499 g/mol. The van der Waals surface area contributed by atoms with Crippen LogP contribution in [0.25, 0.3) is 11.2 Å². The third kappa shape index (κ3) is 4.41. The second-order valence-corrected chi connectivity index (χ2v) is 9.14. The molecule has 2 saturated heterocycles. The topological polar surface area (TPSA) is 147 Å². The van der Waals surface area contributed by atoms with Gasteiger partial charge in [0.15, 0.2) is 17.7 Å². The van der Waals surface area contributed by atoms with Crippen molar-refractivity contribution in [3.8, 4) is 0 Å². The SMILES string of the molecule is Nc1ncnc2c1ncn2[C@@H]1O[C@H](COP2OCCC(c3ccc(Cl)cc3F)O2)[C@@H](O)[C@H]1O. The Morgan fingerprint density at radius 2 is 2.12 bits per heavy atom. The van der Waals surface area contributed by atoms with Crippen LogP contribution in [0.15, 0.2) is 30.9 Å². The number of nitrogen functional groups attached to an aromatic ring is 1. The number of anilines is 1. The van der Waals surface area contributed by atoms with Crippen LogP contribution in [-0.4, -0.2) is 61.3 Å². The molecule has 0 saturated carbocycles. The average Bonchev–Trinajstić information content (AvgIpc) is 3.35. The summed E-state index contributed by atoms with van der Waals surface area (Å²) in [5, 5.41) is 21.3. The summed E-state index contributed by atoms with van der Waals surface area (Å²) < 4.78 is 38.5. The number of rotatable bonds is 5. The molecule has 11 nitrogen and oxygen atoms in total. The molecule has 176 valence electrons. The number of halogens is 2. The zero-order chi connectivity index (χ0) is 23.1. The van der Waals surface area contributed by atoms with E-state index in [1.54, 1.807) is 12.1 Å². The van der Waals surface area contributed by atoms with Crippen molar-refractivity contribution in [3.63, 3.8) is 0 Å². The third-order valence-corrected chi connectivity index (χ3v) is 6.86. The highest BCUT2D eigenvalue weighted by molar-refractivity contribution is 7.41. The van der Waals surface area contributed by atoms with Crippen molar-refractivity contribution < 1.29 is 32.9 Å². The van der Waals surface area contributed by atoms with Gasteiger partial charge in [-0.1, -0.05) is 17.7 Å². The summed E-state index contributed by atoms with van der Waals surface area (Å²) in [6.07, 6.45) is -1.81. The van der Waals surface area contributed by atoms with Gasteiger partial charge in [-0.05, 0) is 12.1 Å². The van der Waals surface area contributed by atoms with Crippen LogP contribution < -0.4 is 5.73 Å². The predicted octanol–water partition coefficient (Wildman–Crippen LogP) is 2.24. The Balaban J connectivity index is 1.24. The van der Waals surface area contributed by atoms with Gasteiger partial charge in [-0.3, -0.25) is 4.57 Å². The molecule has 0 bridgehead atoms. The van der Waals surface area contributed by atoms with E-state index in [1.807, 2.05) is 0 Å². The largest absolute Gasteiger partial charge is 0.387 e. The first kappa shape index (κ1) is 22.8. The van der Waals surface area contributed by atoms with Crippen LogP contribution in [0.3, 0.4) is 0 Å². The summed E-state index contributed by atoms with van der Waals surface area (Å²) in [7, 11) is -1.82. The molecule has 3 aromatic rings. The van der Waals surface area contributed by atoms with Crippen LogP contribution in [-0.2, 0) is 18.3 Å². The van der Waals surface area contributed by atoms with Gasteiger partial charge in [0.25, 0.3) is 0 Å². The van der Waals surface area contributed by atoms with Gasteiger partial charge in [-0.15, -0.1) is 0 Å². The lowest BCUT2D eigenvalue weighted by Gasteiger charge is -2.29. The van der Waals surface area contributed by atoms with E-state index in [1.165, 1.54) is 23.3 Å². The van der Waals surface area contributed by atoms with Crippen LogP contribution in [0.4, 0.5) is 10.2 Å². The molecular formula is C19H20ClFN5O6P. The van der Waals surface area contributed by atoms with Crippen molar-refractivity contribution in [1.82, 2.24) is 19.5 Å². The Morgan fingerprint density at radius 3 is 2.94 bits per heavy atom. The van der Waals surface area contributed by atoms with Crippen molar-refractivity contribution in [3.05, 3.63) is 47.3 Å². The Morgan fingerprint density at radius 1 is 1.27 bits per heavy atom. The van der Waals surface area contributed by atoms with Gasteiger partial charge in [0.2, 0.25) is 0 Å². The molecule has 33 heavy (non-hydrogen) atoms. The van der Waals surface area contributed by atoms with E-state index in [-0.39, 0.29) is 12.4 Å². The number of aliphatic hydroxyl groups excluding tert-OH is 2. The van der Waals surface area contributed by atoms with E-state index in [9.17, 15) is 14.6 Å². The lowest BCUT2D eigenvalue weighted by Crippen LogP contribution is -2.33. The molecule has 2 aliphatic heterocycles. The smallest absolute Gasteiger partial charge is 0.333 e. The predicted molar refractivity (Wildman–Crippen MR) is 114 cm³/mol. The normalized spacial score (nSPS) is 30.2. The maximum Gasteiger partial charge on any atom is 0.333 e. The maximum absolute atomic E-state index is 14.3. The van der Waals surface area contributed by atoms with Crippen LogP contribution in [0.1, 0.15) is 24.3 Å². The molecule has 5 rings (SSSR count). The summed E-state index contributed by atoms with van der Waals surface area (Å²) in [5.74, 6) is -0.283. The molecule has 2 aliphatic rings. The number of ether oxygens (including phenoxy) is 1. The summed E-state index contributed by atoms with van der Waals surface area (Å²) >= 11 is 5.82. The van der Waals surface area contributed by atoms with E-state index < -0.39 is 45.1 Å². The molecule has 0 radical (unpaired) electrons. The lowest BCUT2D eigenvalue weighted by atomic mass is 10.1. The number of benzene rings is 1. The first-order valence-electron chi connectivity index (χ1n) is 10.0. The van der Waals surface area contributed by atoms with Crippen molar-refractivity contribution >= 4 is 37.2 Å². The second-order valence-electron chi connectivity index (χ2n) is 7.53. The summed E-state index contributed by atoms with van der Waals surface area (Å²) in [6, 6.07) is 4.38. The highest BCUT2D eigenvalue weighted by Crippen LogP contribution is 2.50. The van der Waals surface area contributed by atoms with E-state index in [0.717, 1.165) is 0 Å². The fraction of sp³-hybridized carbons (Fsp3) is 0.421. The van der Waals surface area contributed by atoms with Crippen molar-refractivity contribution in [2.24, 2.45) is 0 Å². The number of hydrogen-bond donors (Lipinski definition) is 3. The molecule has 6 atom stereocenters. The minimum atomic E-state index is -1.82. The molecule has 0 aliphatic carbocycles. The molecular weight excluding hydrogens is 480 g/mol. The van der Waals surface area contributed by atoms with E-state index >= 15 is 0 Å². The Labute approximate surface area is 193 Å². The molecule has 2 fully saturated rings. The average molecular weight is 500 g/mol. The number of hydrogen-bond acceptors (Lipinski definition) is 10. The zero-order valence-corrected chi connectivity index (χ0v) is 18.6. The molecule has 4 heterocycles. The molecule has 1 aromatic carbocycles. The highest BCUT2D eigenvalue weighted by atomic mass is 35.5. The fourth-order valence-corrected chi connectivity index (χ4v) is 5.06. The summed E-state index contributed by atoms with van der Waals surface area (Å²) in [6.45, 7) is 0.180. The zero-order valence-electron chi connectivity index (χ0n) is 17.0. The van der Waals surface area contributed by atoms with Gasteiger partial charge in [-0.2, -0.15) is 0 Å².